The van der Waals surface area contributed by atoms with E-state index in [1.54, 1.807) is 6.92 Å². The highest BCUT2D eigenvalue weighted by Gasteiger charge is 2.24. The van der Waals surface area contributed by atoms with Crippen LogP contribution < -0.4 is 4.72 Å². The molecular weight excluding hydrogens is 318 g/mol. The van der Waals surface area contributed by atoms with Crippen molar-refractivity contribution in [1.82, 2.24) is 14.3 Å². The summed E-state index contributed by atoms with van der Waals surface area (Å²) < 4.78 is 29.2. The molecule has 0 bridgehead atoms. The molecule has 0 spiro atoms. The predicted octanol–water partition coefficient (Wildman–Crippen LogP) is 1.42. The summed E-state index contributed by atoms with van der Waals surface area (Å²) in [6.07, 6.45) is 4.49. The molecule has 8 heteroatoms. The van der Waals surface area contributed by atoms with Crippen LogP contribution in [0.25, 0.3) is 0 Å². The molecule has 1 unspecified atom stereocenters. The van der Waals surface area contributed by atoms with Crippen LogP contribution >= 0.6 is 0 Å². The summed E-state index contributed by atoms with van der Waals surface area (Å²) in [6, 6.07) is 6.21. The third-order valence-electron chi connectivity index (χ3n) is 3.50. The quantitative estimate of drug-likeness (QED) is 0.795. The molecule has 2 heterocycles. The van der Waals surface area contributed by atoms with Gasteiger partial charge < -0.3 is 9.67 Å². The van der Waals surface area contributed by atoms with Gasteiger partial charge in [0.1, 0.15) is 4.90 Å². The van der Waals surface area contributed by atoms with Crippen molar-refractivity contribution in [3.63, 3.8) is 0 Å². The molecule has 0 radical (unpaired) electrons. The third-order valence-corrected chi connectivity index (χ3v) is 5.13. The van der Waals surface area contributed by atoms with Crippen molar-refractivity contribution in [2.45, 2.75) is 30.7 Å². The second-order valence-electron chi connectivity index (χ2n) is 5.33. The molecule has 0 aromatic carbocycles. The van der Waals surface area contributed by atoms with Gasteiger partial charge in [0, 0.05) is 31.2 Å². The van der Waals surface area contributed by atoms with E-state index in [1.165, 1.54) is 18.3 Å². The molecule has 0 fully saturated rings. The fraction of sp³-hybridized carbons (Fsp3) is 0.333. The van der Waals surface area contributed by atoms with E-state index in [-0.39, 0.29) is 10.9 Å². The number of nitrogens with zero attached hydrogens (tertiary/aromatic N) is 2. The Morgan fingerprint density at radius 1 is 1.39 bits per heavy atom. The molecule has 0 aliphatic carbocycles. The van der Waals surface area contributed by atoms with Gasteiger partial charge in [-0.15, -0.1) is 0 Å². The summed E-state index contributed by atoms with van der Waals surface area (Å²) in [6.45, 7) is 1.75. The first-order chi connectivity index (χ1) is 10.8. The summed E-state index contributed by atoms with van der Waals surface area (Å²) in [7, 11) is -2.01. The molecule has 23 heavy (non-hydrogen) atoms. The number of rotatable bonds is 7. The number of hydrogen-bond acceptors (Lipinski definition) is 4. The Hall–Kier alpha value is -2.19. The van der Waals surface area contributed by atoms with Crippen LogP contribution in [0.2, 0.25) is 0 Å². The Morgan fingerprint density at radius 3 is 2.74 bits per heavy atom. The summed E-state index contributed by atoms with van der Waals surface area (Å²) in [5.74, 6) is -1.37. The van der Waals surface area contributed by atoms with E-state index in [0.29, 0.717) is 12.8 Å². The number of aryl methyl sites for hydroxylation is 2. The van der Waals surface area contributed by atoms with Gasteiger partial charge in [0.2, 0.25) is 10.0 Å². The molecule has 7 nitrogen and oxygen atoms in total. The van der Waals surface area contributed by atoms with Crippen LogP contribution in [0.4, 0.5) is 0 Å². The maximum atomic E-state index is 12.4. The van der Waals surface area contributed by atoms with Gasteiger partial charge in [-0.1, -0.05) is 0 Å². The van der Waals surface area contributed by atoms with Crippen LogP contribution in [0.1, 0.15) is 29.5 Å². The van der Waals surface area contributed by atoms with Crippen molar-refractivity contribution in [3.8, 4) is 0 Å². The number of aromatic carboxylic acids is 1. The maximum Gasteiger partial charge on any atom is 0.355 e. The number of carbonyl (C=O) groups is 1. The number of carboxylic acid groups (broad SMARTS) is 1. The highest BCUT2D eigenvalue weighted by molar-refractivity contribution is 7.89. The van der Waals surface area contributed by atoms with Gasteiger partial charge in [-0.25, -0.2) is 22.9 Å². The molecule has 0 aliphatic heterocycles. The number of nitrogens with one attached hydrogen (secondary N) is 1. The van der Waals surface area contributed by atoms with Crippen molar-refractivity contribution < 1.29 is 18.3 Å². The first-order valence-electron chi connectivity index (χ1n) is 7.12. The molecule has 1 atom stereocenters. The van der Waals surface area contributed by atoms with E-state index in [1.807, 2.05) is 29.9 Å². The summed E-state index contributed by atoms with van der Waals surface area (Å²) >= 11 is 0. The molecule has 124 valence electrons. The Bertz CT molecular complexity index is 799. The Morgan fingerprint density at radius 2 is 2.13 bits per heavy atom. The zero-order chi connectivity index (χ0) is 17.0. The second-order valence-corrected chi connectivity index (χ2v) is 7.01. The van der Waals surface area contributed by atoms with Crippen molar-refractivity contribution in [1.29, 1.82) is 0 Å². The topological polar surface area (TPSA) is 101 Å². The maximum absolute atomic E-state index is 12.4. The average Bonchev–Trinajstić information content (AvgIpc) is 2.90. The predicted molar refractivity (Wildman–Crippen MR) is 84.7 cm³/mol. The zero-order valence-corrected chi connectivity index (χ0v) is 13.7. The molecule has 2 aromatic heterocycles. The lowest BCUT2D eigenvalue weighted by Gasteiger charge is -2.15. The fourth-order valence-corrected chi connectivity index (χ4v) is 3.70. The third kappa shape index (κ3) is 4.17. The van der Waals surface area contributed by atoms with Crippen LogP contribution in [-0.2, 0) is 23.5 Å². The molecule has 2 rings (SSSR count). The smallest absolute Gasteiger partial charge is 0.355 e. The van der Waals surface area contributed by atoms with Crippen molar-refractivity contribution in [3.05, 3.63) is 48.0 Å². The Kier molecular flexibility index (Phi) is 5.17. The lowest BCUT2D eigenvalue weighted by molar-refractivity contribution is 0.0685. The van der Waals surface area contributed by atoms with Crippen LogP contribution in [0, 0.1) is 0 Å². The minimum Gasteiger partial charge on any atom is -0.476 e. The minimum absolute atomic E-state index is 0.321. The van der Waals surface area contributed by atoms with Gasteiger partial charge in [-0.2, -0.15) is 0 Å². The van der Waals surface area contributed by atoms with Gasteiger partial charge in [0.05, 0.1) is 0 Å². The van der Waals surface area contributed by atoms with Crippen LogP contribution in [0.3, 0.4) is 0 Å². The standard InChI is InChI=1S/C15H19N3O4S/c1-11(7-8-12-5-4-10-18(12)2)17-23(21,22)13-6-3-9-16-14(13)15(19)20/h3-6,9-11,17H,7-8H2,1-2H3,(H,19,20). The average molecular weight is 337 g/mol. The van der Waals surface area contributed by atoms with Crippen molar-refractivity contribution in [2.24, 2.45) is 7.05 Å². The monoisotopic (exact) mass is 337 g/mol. The number of carboxylic acids is 1. The lowest BCUT2D eigenvalue weighted by atomic mass is 10.1. The summed E-state index contributed by atoms with van der Waals surface area (Å²) in [5, 5.41) is 9.06. The van der Waals surface area contributed by atoms with E-state index >= 15 is 0 Å². The van der Waals surface area contributed by atoms with E-state index in [9.17, 15) is 13.2 Å². The van der Waals surface area contributed by atoms with Crippen LogP contribution in [-0.4, -0.2) is 35.1 Å². The Balaban J connectivity index is 2.09. The van der Waals surface area contributed by atoms with Crippen LogP contribution in [0.15, 0.2) is 41.6 Å². The van der Waals surface area contributed by atoms with Gasteiger partial charge in [0.25, 0.3) is 0 Å². The first-order valence-corrected chi connectivity index (χ1v) is 8.60. The van der Waals surface area contributed by atoms with E-state index in [0.717, 1.165) is 5.69 Å². The lowest BCUT2D eigenvalue weighted by Crippen LogP contribution is -2.34. The normalized spacial score (nSPS) is 13.0. The zero-order valence-electron chi connectivity index (χ0n) is 12.9. The van der Waals surface area contributed by atoms with E-state index in [2.05, 4.69) is 9.71 Å². The number of pyridine rings is 1. The number of sulfonamides is 1. The van der Waals surface area contributed by atoms with Crippen LogP contribution in [0.5, 0.6) is 0 Å². The van der Waals surface area contributed by atoms with Crippen molar-refractivity contribution >= 4 is 16.0 Å². The molecule has 0 saturated carbocycles. The second kappa shape index (κ2) is 6.93. The van der Waals surface area contributed by atoms with Crippen molar-refractivity contribution in [2.75, 3.05) is 0 Å². The van der Waals surface area contributed by atoms with Gasteiger partial charge in [0.15, 0.2) is 5.69 Å². The highest BCUT2D eigenvalue weighted by atomic mass is 32.2. The van der Waals surface area contributed by atoms with E-state index < -0.39 is 21.7 Å². The van der Waals surface area contributed by atoms with Gasteiger partial charge in [-0.3, -0.25) is 0 Å². The van der Waals surface area contributed by atoms with Gasteiger partial charge in [-0.05, 0) is 44.0 Å². The fourth-order valence-electron chi connectivity index (χ4n) is 2.28. The van der Waals surface area contributed by atoms with Gasteiger partial charge >= 0.3 is 5.97 Å². The largest absolute Gasteiger partial charge is 0.476 e. The Labute approximate surface area is 135 Å². The molecule has 0 amide bonds. The minimum atomic E-state index is -3.94. The summed E-state index contributed by atoms with van der Waals surface area (Å²) in [5.41, 5.74) is 0.623. The molecule has 0 saturated heterocycles. The number of hydrogen-bond donors (Lipinski definition) is 2. The summed E-state index contributed by atoms with van der Waals surface area (Å²) in [4.78, 5) is 14.4. The molecular formula is C15H19N3O4S. The highest BCUT2D eigenvalue weighted by Crippen LogP contribution is 2.14. The SMILES string of the molecule is CC(CCc1cccn1C)NS(=O)(=O)c1cccnc1C(=O)O. The molecule has 0 aliphatic rings. The first kappa shape index (κ1) is 17.2. The number of aromatic nitrogens is 2. The van der Waals surface area contributed by atoms with E-state index in [4.69, 9.17) is 5.11 Å². The molecule has 2 N–H and O–H groups in total. The molecule has 2 aromatic rings.